The Morgan fingerprint density at radius 2 is 1.96 bits per heavy atom. The molecule has 24 heavy (non-hydrogen) atoms. The molecule has 0 radical (unpaired) electrons. The predicted octanol–water partition coefficient (Wildman–Crippen LogP) is 4.20. The second-order valence-electron chi connectivity index (χ2n) is 6.38. The Hall–Kier alpha value is -1.78. The first kappa shape index (κ1) is 17.1. The molecule has 2 heterocycles. The lowest BCUT2D eigenvalue weighted by Gasteiger charge is -2.33. The van der Waals surface area contributed by atoms with Crippen molar-refractivity contribution >= 4 is 17.5 Å². The number of carbonyl (C=O) groups excluding carboxylic acids is 1. The zero-order valence-corrected chi connectivity index (χ0v) is 14.8. The SMILES string of the molecule is Cc1ccc(C(C)NC2CCN(C(=O)c3ccccc3Cl)CC2)o1. The van der Waals surface area contributed by atoms with E-state index in [9.17, 15) is 4.79 Å². The van der Waals surface area contributed by atoms with Crippen LogP contribution in [0.1, 0.15) is 47.7 Å². The lowest BCUT2D eigenvalue weighted by molar-refractivity contribution is 0.0701. The minimum atomic E-state index is 0.0220. The molecular weight excluding hydrogens is 324 g/mol. The second-order valence-corrected chi connectivity index (χ2v) is 6.79. The summed E-state index contributed by atoms with van der Waals surface area (Å²) in [6.07, 6.45) is 1.86. The van der Waals surface area contributed by atoms with Crippen LogP contribution in [0.2, 0.25) is 5.02 Å². The first-order chi connectivity index (χ1) is 11.5. The Labute approximate surface area is 147 Å². The summed E-state index contributed by atoms with van der Waals surface area (Å²) >= 11 is 6.14. The average Bonchev–Trinajstić information content (AvgIpc) is 3.02. The van der Waals surface area contributed by atoms with E-state index in [1.54, 1.807) is 12.1 Å². The highest BCUT2D eigenvalue weighted by molar-refractivity contribution is 6.33. The molecule has 1 saturated heterocycles. The topological polar surface area (TPSA) is 45.5 Å². The molecule has 1 aliphatic heterocycles. The number of likely N-dealkylation sites (tertiary alicyclic amines) is 1. The van der Waals surface area contributed by atoms with Crippen LogP contribution < -0.4 is 5.32 Å². The van der Waals surface area contributed by atoms with Crippen LogP contribution in [0.25, 0.3) is 0 Å². The minimum absolute atomic E-state index is 0.0220. The Balaban J connectivity index is 1.54. The van der Waals surface area contributed by atoms with Crippen molar-refractivity contribution < 1.29 is 9.21 Å². The molecule has 0 saturated carbocycles. The summed E-state index contributed by atoms with van der Waals surface area (Å²) in [6, 6.07) is 11.8. The van der Waals surface area contributed by atoms with Crippen molar-refractivity contribution in [1.29, 1.82) is 0 Å². The van der Waals surface area contributed by atoms with Crippen LogP contribution in [0.5, 0.6) is 0 Å². The molecule has 2 aromatic rings. The van der Waals surface area contributed by atoms with Crippen molar-refractivity contribution in [2.24, 2.45) is 0 Å². The number of carbonyl (C=O) groups is 1. The van der Waals surface area contributed by atoms with Gasteiger partial charge < -0.3 is 14.6 Å². The van der Waals surface area contributed by atoms with Gasteiger partial charge in [-0.05, 0) is 51.0 Å². The number of nitrogens with one attached hydrogen (secondary N) is 1. The van der Waals surface area contributed by atoms with Crippen molar-refractivity contribution in [3.63, 3.8) is 0 Å². The van der Waals surface area contributed by atoms with Crippen LogP contribution in [0.15, 0.2) is 40.8 Å². The quantitative estimate of drug-likeness (QED) is 0.902. The predicted molar refractivity (Wildman–Crippen MR) is 95.4 cm³/mol. The summed E-state index contributed by atoms with van der Waals surface area (Å²) in [5, 5.41) is 4.12. The summed E-state index contributed by atoms with van der Waals surface area (Å²) in [5.74, 6) is 1.91. The zero-order valence-electron chi connectivity index (χ0n) is 14.1. The van der Waals surface area contributed by atoms with E-state index in [2.05, 4.69) is 12.2 Å². The standard InChI is InChI=1S/C19H23ClN2O2/c1-13-7-8-18(24-13)14(2)21-15-9-11-22(12-10-15)19(23)16-5-3-4-6-17(16)20/h3-8,14-15,21H,9-12H2,1-2H3. The van der Waals surface area contributed by atoms with E-state index in [0.29, 0.717) is 16.6 Å². The third-order valence-electron chi connectivity index (χ3n) is 4.56. The average molecular weight is 347 g/mol. The molecular formula is C19H23ClN2O2. The monoisotopic (exact) mass is 346 g/mol. The van der Waals surface area contributed by atoms with Gasteiger partial charge in [0.2, 0.25) is 0 Å². The Bertz CT molecular complexity index is 705. The molecule has 4 nitrogen and oxygen atoms in total. The van der Waals surface area contributed by atoms with Crippen LogP contribution in [0.3, 0.4) is 0 Å². The number of piperidine rings is 1. The van der Waals surface area contributed by atoms with Crippen molar-refractivity contribution in [2.75, 3.05) is 13.1 Å². The third kappa shape index (κ3) is 3.82. The van der Waals surface area contributed by atoms with E-state index in [1.807, 2.05) is 36.1 Å². The number of amides is 1. The highest BCUT2D eigenvalue weighted by Gasteiger charge is 2.26. The molecule has 1 aromatic heterocycles. The largest absolute Gasteiger partial charge is 0.465 e. The van der Waals surface area contributed by atoms with Gasteiger partial charge >= 0.3 is 0 Å². The number of furan rings is 1. The lowest BCUT2D eigenvalue weighted by atomic mass is 10.0. The van der Waals surface area contributed by atoms with Gasteiger partial charge in [-0.1, -0.05) is 23.7 Å². The van der Waals surface area contributed by atoms with Gasteiger partial charge in [-0.25, -0.2) is 0 Å². The minimum Gasteiger partial charge on any atom is -0.465 e. The fourth-order valence-electron chi connectivity index (χ4n) is 3.18. The summed E-state index contributed by atoms with van der Waals surface area (Å²) in [7, 11) is 0. The normalized spacial score (nSPS) is 17.0. The van der Waals surface area contributed by atoms with Crippen molar-refractivity contribution in [1.82, 2.24) is 10.2 Å². The first-order valence-corrected chi connectivity index (χ1v) is 8.78. The fourth-order valence-corrected chi connectivity index (χ4v) is 3.39. The summed E-state index contributed by atoms with van der Waals surface area (Å²) in [6.45, 7) is 5.55. The van der Waals surface area contributed by atoms with Gasteiger partial charge in [0.25, 0.3) is 5.91 Å². The second kappa shape index (κ2) is 7.41. The maximum atomic E-state index is 12.6. The van der Waals surface area contributed by atoms with Gasteiger partial charge in [0, 0.05) is 19.1 Å². The van der Waals surface area contributed by atoms with Crippen LogP contribution in [-0.4, -0.2) is 29.9 Å². The van der Waals surface area contributed by atoms with Gasteiger partial charge in [0.1, 0.15) is 11.5 Å². The Morgan fingerprint density at radius 3 is 2.58 bits per heavy atom. The fraction of sp³-hybridized carbons (Fsp3) is 0.421. The van der Waals surface area contributed by atoms with Gasteiger partial charge in [0.05, 0.1) is 16.6 Å². The molecule has 0 bridgehead atoms. The number of nitrogens with zero attached hydrogens (tertiary/aromatic N) is 1. The number of hydrogen-bond donors (Lipinski definition) is 1. The number of halogens is 1. The molecule has 1 N–H and O–H groups in total. The summed E-state index contributed by atoms with van der Waals surface area (Å²) in [5.41, 5.74) is 0.588. The molecule has 1 aromatic carbocycles. The van der Waals surface area contributed by atoms with Gasteiger partial charge in [0.15, 0.2) is 0 Å². The third-order valence-corrected chi connectivity index (χ3v) is 4.89. The first-order valence-electron chi connectivity index (χ1n) is 8.41. The molecule has 0 aliphatic carbocycles. The van der Waals surface area contributed by atoms with E-state index in [0.717, 1.165) is 37.5 Å². The molecule has 1 fully saturated rings. The molecule has 1 amide bonds. The van der Waals surface area contributed by atoms with Crippen LogP contribution in [-0.2, 0) is 0 Å². The van der Waals surface area contributed by atoms with Crippen LogP contribution in [0, 0.1) is 6.92 Å². The van der Waals surface area contributed by atoms with Crippen molar-refractivity contribution in [3.8, 4) is 0 Å². The molecule has 0 spiro atoms. The van der Waals surface area contributed by atoms with Gasteiger partial charge in [-0.3, -0.25) is 4.79 Å². The molecule has 3 rings (SSSR count). The van der Waals surface area contributed by atoms with Crippen molar-refractivity contribution in [3.05, 3.63) is 58.5 Å². The van der Waals surface area contributed by atoms with E-state index in [4.69, 9.17) is 16.0 Å². The molecule has 1 aliphatic rings. The van der Waals surface area contributed by atoms with E-state index < -0.39 is 0 Å². The maximum absolute atomic E-state index is 12.6. The number of hydrogen-bond acceptors (Lipinski definition) is 3. The molecule has 5 heteroatoms. The van der Waals surface area contributed by atoms with Gasteiger partial charge in [-0.2, -0.15) is 0 Å². The summed E-state index contributed by atoms with van der Waals surface area (Å²) < 4.78 is 5.68. The van der Waals surface area contributed by atoms with Gasteiger partial charge in [-0.15, -0.1) is 0 Å². The highest BCUT2D eigenvalue weighted by atomic mass is 35.5. The molecule has 1 atom stereocenters. The maximum Gasteiger partial charge on any atom is 0.255 e. The van der Waals surface area contributed by atoms with Crippen LogP contribution >= 0.6 is 11.6 Å². The van der Waals surface area contributed by atoms with E-state index in [-0.39, 0.29) is 11.9 Å². The zero-order chi connectivity index (χ0) is 17.1. The molecule has 128 valence electrons. The summed E-state index contributed by atoms with van der Waals surface area (Å²) in [4.78, 5) is 14.5. The number of benzene rings is 1. The smallest absolute Gasteiger partial charge is 0.255 e. The van der Waals surface area contributed by atoms with E-state index >= 15 is 0 Å². The lowest BCUT2D eigenvalue weighted by Crippen LogP contribution is -2.45. The van der Waals surface area contributed by atoms with E-state index in [1.165, 1.54) is 0 Å². The molecule has 1 unspecified atom stereocenters. The Kier molecular flexibility index (Phi) is 5.27. The van der Waals surface area contributed by atoms with Crippen LogP contribution in [0.4, 0.5) is 0 Å². The van der Waals surface area contributed by atoms with Crippen molar-refractivity contribution in [2.45, 2.75) is 38.8 Å². The Morgan fingerprint density at radius 1 is 1.25 bits per heavy atom. The highest BCUT2D eigenvalue weighted by Crippen LogP contribution is 2.22. The number of rotatable bonds is 4. The number of aryl methyl sites for hydroxylation is 1.